The van der Waals surface area contributed by atoms with Gasteiger partial charge in [0.25, 0.3) is 9.76 Å². The van der Waals surface area contributed by atoms with Crippen molar-refractivity contribution in [3.63, 3.8) is 0 Å². The molecule has 3 nitrogen and oxygen atoms in total. The Hall–Kier alpha value is -0.443. The van der Waals surface area contributed by atoms with Crippen LogP contribution in [-0.2, 0) is 9.22 Å². The summed E-state index contributed by atoms with van der Waals surface area (Å²) in [6.07, 6.45) is 1.88. The van der Waals surface area contributed by atoms with Gasteiger partial charge in [-0.25, -0.2) is 9.79 Å². The minimum absolute atomic E-state index is 0.310. The Balaban J connectivity index is 2.82. The van der Waals surface area contributed by atoms with Gasteiger partial charge < -0.3 is 4.43 Å². The zero-order chi connectivity index (χ0) is 6.24. The van der Waals surface area contributed by atoms with Crippen molar-refractivity contribution in [3.05, 3.63) is 0 Å². The summed E-state index contributed by atoms with van der Waals surface area (Å²) < 4.78 is 4.89. The zero-order valence-electron chi connectivity index (χ0n) is 4.68. The van der Waals surface area contributed by atoms with Crippen LogP contribution < -0.4 is 0 Å². The zero-order valence-corrected chi connectivity index (χ0v) is 5.68. The van der Waals surface area contributed by atoms with Gasteiger partial charge in [-0.15, -0.1) is 0 Å². The highest BCUT2D eigenvalue weighted by atomic mass is 28.2. The van der Waals surface area contributed by atoms with E-state index in [-0.39, 0.29) is 0 Å². The van der Waals surface area contributed by atoms with E-state index in [1.165, 1.54) is 6.08 Å². The lowest BCUT2D eigenvalue weighted by Crippen LogP contribution is -2.01. The van der Waals surface area contributed by atoms with Crippen LogP contribution >= 0.6 is 0 Å². The Morgan fingerprint density at radius 1 is 1.88 bits per heavy atom. The van der Waals surface area contributed by atoms with Crippen LogP contribution in [0, 0.1) is 0 Å². The van der Waals surface area contributed by atoms with E-state index in [4.69, 9.17) is 4.43 Å². The van der Waals surface area contributed by atoms with Crippen molar-refractivity contribution < 1.29 is 9.22 Å². The first-order valence-electron chi connectivity index (χ1n) is 2.30. The summed E-state index contributed by atoms with van der Waals surface area (Å²) in [6, 6.07) is 0. The summed E-state index contributed by atoms with van der Waals surface area (Å²) >= 11 is 0. The highest BCUT2D eigenvalue weighted by Gasteiger charge is 1.82. The van der Waals surface area contributed by atoms with Gasteiger partial charge in [-0.1, -0.05) is 0 Å². The fourth-order valence-electron chi connectivity index (χ4n) is 0.212. The van der Waals surface area contributed by atoms with Crippen LogP contribution in [-0.4, -0.2) is 28.6 Å². The first-order valence-corrected chi connectivity index (χ1v) is 3.41. The van der Waals surface area contributed by atoms with Crippen LogP contribution in [0.1, 0.15) is 6.92 Å². The van der Waals surface area contributed by atoms with Gasteiger partial charge in [0, 0.05) is 6.61 Å². The van der Waals surface area contributed by atoms with E-state index in [1.807, 2.05) is 6.92 Å². The summed E-state index contributed by atoms with van der Waals surface area (Å²) in [7, 11) is 0.310. The standard InChI is InChI=1S/C4H7NO2Si/c1-2-7-8-4-5-3-6/h2,4H2,1H3. The van der Waals surface area contributed by atoms with E-state index >= 15 is 0 Å². The minimum atomic E-state index is 0.310. The maximum atomic E-state index is 9.43. The van der Waals surface area contributed by atoms with Gasteiger partial charge in [0.15, 0.2) is 0 Å². The molecule has 0 aliphatic heterocycles. The first-order chi connectivity index (χ1) is 3.91. The predicted octanol–water partition coefficient (Wildman–Crippen LogP) is -0.0646. The van der Waals surface area contributed by atoms with Gasteiger partial charge in [-0.2, -0.15) is 0 Å². The molecule has 0 bridgehead atoms. The Labute approximate surface area is 50.7 Å². The van der Waals surface area contributed by atoms with E-state index in [0.29, 0.717) is 22.5 Å². The molecule has 0 aliphatic rings. The fourth-order valence-corrected chi connectivity index (χ4v) is 0.637. The number of isocyanates is 1. The summed E-state index contributed by atoms with van der Waals surface area (Å²) in [6.45, 7) is 2.59. The highest BCUT2D eigenvalue weighted by molar-refractivity contribution is 6.27. The average Bonchev–Trinajstić information content (AvgIpc) is 1.81. The summed E-state index contributed by atoms with van der Waals surface area (Å²) in [5.41, 5.74) is 0. The van der Waals surface area contributed by atoms with Gasteiger partial charge in [0.2, 0.25) is 6.08 Å². The molecule has 0 N–H and O–H groups in total. The molecule has 0 saturated carbocycles. The van der Waals surface area contributed by atoms with E-state index in [2.05, 4.69) is 4.99 Å². The van der Waals surface area contributed by atoms with E-state index in [9.17, 15) is 4.79 Å². The topological polar surface area (TPSA) is 38.7 Å². The normalized spacial score (nSPS) is 8.12. The molecule has 0 aromatic heterocycles. The monoisotopic (exact) mass is 129 g/mol. The van der Waals surface area contributed by atoms with Gasteiger partial charge in [-0.3, -0.25) is 0 Å². The number of hydrogen-bond donors (Lipinski definition) is 0. The number of aliphatic imine (C=N–C) groups is 1. The number of nitrogens with zero attached hydrogens (tertiary/aromatic N) is 1. The van der Waals surface area contributed by atoms with Crippen molar-refractivity contribution >= 4 is 15.8 Å². The third kappa shape index (κ3) is 5.56. The maximum Gasteiger partial charge on any atom is 0.254 e. The van der Waals surface area contributed by atoms with Crippen molar-refractivity contribution in [2.24, 2.45) is 4.99 Å². The van der Waals surface area contributed by atoms with Crippen LogP contribution in [0.15, 0.2) is 4.99 Å². The molecule has 0 unspecified atom stereocenters. The maximum absolute atomic E-state index is 9.43. The summed E-state index contributed by atoms with van der Waals surface area (Å²) in [5.74, 6) is 0. The Kier molecular flexibility index (Phi) is 6.19. The van der Waals surface area contributed by atoms with Crippen molar-refractivity contribution in [2.45, 2.75) is 6.92 Å². The van der Waals surface area contributed by atoms with Gasteiger partial charge >= 0.3 is 0 Å². The smallest absolute Gasteiger partial charge is 0.254 e. The molecule has 4 heteroatoms. The molecule has 0 spiro atoms. The molecule has 0 aromatic carbocycles. The lowest BCUT2D eigenvalue weighted by atomic mass is 10.9. The van der Waals surface area contributed by atoms with Crippen LogP contribution in [0.3, 0.4) is 0 Å². The first kappa shape index (κ1) is 7.56. The van der Waals surface area contributed by atoms with Crippen LogP contribution in [0.4, 0.5) is 0 Å². The van der Waals surface area contributed by atoms with Crippen molar-refractivity contribution in [1.82, 2.24) is 0 Å². The Bertz CT molecular complexity index is 90.0. The summed E-state index contributed by atoms with van der Waals surface area (Å²) in [4.78, 5) is 12.7. The van der Waals surface area contributed by atoms with Crippen molar-refractivity contribution in [2.75, 3.05) is 12.8 Å². The van der Waals surface area contributed by atoms with Gasteiger partial charge in [0.1, 0.15) is 0 Å². The van der Waals surface area contributed by atoms with Crippen molar-refractivity contribution in [3.8, 4) is 0 Å². The molecule has 0 atom stereocenters. The summed E-state index contributed by atoms with van der Waals surface area (Å²) in [5, 5.41) is 0. The Morgan fingerprint density at radius 3 is 3.12 bits per heavy atom. The molecular formula is C4H7NO2Si. The highest BCUT2D eigenvalue weighted by Crippen LogP contribution is 1.68. The molecule has 2 radical (unpaired) electrons. The average molecular weight is 129 g/mol. The Morgan fingerprint density at radius 2 is 2.62 bits per heavy atom. The quantitative estimate of drug-likeness (QED) is 0.231. The molecule has 0 amide bonds. The SMILES string of the molecule is CCO[Si]CN=C=O. The van der Waals surface area contributed by atoms with Crippen molar-refractivity contribution in [1.29, 1.82) is 0 Å². The van der Waals surface area contributed by atoms with Gasteiger partial charge in [0.05, 0.1) is 6.17 Å². The van der Waals surface area contributed by atoms with Crippen LogP contribution in [0.2, 0.25) is 0 Å². The van der Waals surface area contributed by atoms with Gasteiger partial charge in [-0.05, 0) is 6.92 Å². The molecule has 0 aliphatic carbocycles. The second-order valence-electron chi connectivity index (χ2n) is 0.985. The third-order valence-electron chi connectivity index (χ3n) is 0.455. The fraction of sp³-hybridized carbons (Fsp3) is 0.750. The molecule has 0 saturated heterocycles. The van der Waals surface area contributed by atoms with E-state index in [1.54, 1.807) is 0 Å². The largest absolute Gasteiger partial charge is 0.416 e. The number of hydrogen-bond acceptors (Lipinski definition) is 3. The van der Waals surface area contributed by atoms with Crippen LogP contribution in [0.25, 0.3) is 0 Å². The lowest BCUT2D eigenvalue weighted by Gasteiger charge is -1.89. The molecule has 44 valence electrons. The number of carbonyl (C=O) groups excluding carboxylic acids is 1. The third-order valence-corrected chi connectivity index (χ3v) is 1.23. The molecule has 0 aromatic rings. The minimum Gasteiger partial charge on any atom is -0.416 e. The molecule has 0 rings (SSSR count). The van der Waals surface area contributed by atoms with E-state index < -0.39 is 0 Å². The second-order valence-corrected chi connectivity index (χ2v) is 1.88. The second kappa shape index (κ2) is 6.56. The van der Waals surface area contributed by atoms with E-state index in [0.717, 1.165) is 0 Å². The predicted molar refractivity (Wildman–Crippen MR) is 30.4 cm³/mol. The molecule has 0 fully saturated rings. The molecule has 8 heavy (non-hydrogen) atoms. The lowest BCUT2D eigenvalue weighted by molar-refractivity contribution is 0.361. The molecular weight excluding hydrogens is 122 g/mol. The number of rotatable bonds is 4. The van der Waals surface area contributed by atoms with Crippen LogP contribution in [0.5, 0.6) is 0 Å². The molecule has 0 heterocycles.